The number of carbonyl (C=O) groups excluding carboxylic acids is 2. The van der Waals surface area contributed by atoms with Crippen molar-refractivity contribution in [2.75, 3.05) is 26.8 Å². The maximum absolute atomic E-state index is 12.9. The first-order valence-electron chi connectivity index (χ1n) is 10.4. The Morgan fingerprint density at radius 2 is 2.00 bits per heavy atom. The molecule has 3 aliphatic heterocycles. The van der Waals surface area contributed by atoms with Crippen molar-refractivity contribution in [1.29, 1.82) is 0 Å². The Morgan fingerprint density at radius 1 is 1.18 bits per heavy atom. The van der Waals surface area contributed by atoms with Crippen LogP contribution in [-0.4, -0.2) is 49.7 Å². The summed E-state index contributed by atoms with van der Waals surface area (Å²) in [5.41, 5.74) is 0.717. The maximum Gasteiger partial charge on any atom is 0.313 e. The van der Waals surface area contributed by atoms with Crippen molar-refractivity contribution in [2.24, 2.45) is 11.8 Å². The molecule has 6 heteroatoms. The van der Waals surface area contributed by atoms with E-state index in [-0.39, 0.29) is 18.4 Å². The molecule has 0 bridgehead atoms. The fraction of sp³-hybridized carbons (Fsp3) is 0.636. The summed E-state index contributed by atoms with van der Waals surface area (Å²) in [5.74, 6) is -0.315. The summed E-state index contributed by atoms with van der Waals surface area (Å²) < 4.78 is 16.6. The number of piperidine rings is 2. The molecule has 0 spiro atoms. The number of esters is 2. The first kappa shape index (κ1) is 19.2. The van der Waals surface area contributed by atoms with Gasteiger partial charge >= 0.3 is 11.9 Å². The lowest BCUT2D eigenvalue weighted by atomic mass is 9.84. The standard InChI is InChI=1S/C22H29NO5/c1-26-19-10-3-2-8-16(19)21-17(13-20(24)28-21)22(25)27-14-15-7-6-12-23-11-5-4-9-18(15)23/h2-3,8,10,15,17-18,21H,4-7,9,11-14H2,1H3/t15-,17+,18+,21-/m0/s1. The largest absolute Gasteiger partial charge is 0.496 e. The third-order valence-electron chi connectivity index (χ3n) is 6.43. The van der Waals surface area contributed by atoms with E-state index in [1.54, 1.807) is 7.11 Å². The van der Waals surface area contributed by atoms with Crippen LogP contribution in [0.5, 0.6) is 5.75 Å². The molecule has 4 atom stereocenters. The van der Waals surface area contributed by atoms with Crippen LogP contribution < -0.4 is 4.74 Å². The Balaban J connectivity index is 1.42. The quantitative estimate of drug-likeness (QED) is 0.724. The van der Waals surface area contributed by atoms with Crippen molar-refractivity contribution >= 4 is 11.9 Å². The smallest absolute Gasteiger partial charge is 0.313 e. The fourth-order valence-electron chi connectivity index (χ4n) is 5.01. The number of benzene rings is 1. The topological polar surface area (TPSA) is 65.1 Å². The van der Waals surface area contributed by atoms with Gasteiger partial charge in [-0.25, -0.2) is 0 Å². The molecular formula is C22H29NO5. The number of rotatable bonds is 5. The minimum absolute atomic E-state index is 0.0573. The highest BCUT2D eigenvalue weighted by molar-refractivity contribution is 5.84. The van der Waals surface area contributed by atoms with Crippen molar-refractivity contribution in [1.82, 2.24) is 4.90 Å². The number of methoxy groups -OCH3 is 1. The second-order valence-corrected chi connectivity index (χ2v) is 8.09. The van der Waals surface area contributed by atoms with Gasteiger partial charge in [0.1, 0.15) is 17.8 Å². The van der Waals surface area contributed by atoms with E-state index >= 15 is 0 Å². The Bertz CT molecular complexity index is 719. The second kappa shape index (κ2) is 8.52. The predicted molar refractivity (Wildman–Crippen MR) is 103 cm³/mol. The molecule has 6 nitrogen and oxygen atoms in total. The number of fused-ring (bicyclic) bond motifs is 1. The minimum atomic E-state index is -0.645. The van der Waals surface area contributed by atoms with Crippen LogP contribution in [0.15, 0.2) is 24.3 Å². The Kier molecular flexibility index (Phi) is 5.85. The zero-order chi connectivity index (χ0) is 19.5. The van der Waals surface area contributed by atoms with Gasteiger partial charge in [0, 0.05) is 17.5 Å². The molecule has 0 unspecified atom stereocenters. The number of nitrogens with zero attached hydrogens (tertiary/aromatic N) is 1. The maximum atomic E-state index is 12.9. The third-order valence-corrected chi connectivity index (χ3v) is 6.43. The first-order valence-corrected chi connectivity index (χ1v) is 10.4. The van der Waals surface area contributed by atoms with E-state index in [0.717, 1.165) is 25.9 Å². The molecule has 0 amide bonds. The van der Waals surface area contributed by atoms with Gasteiger partial charge in [0.2, 0.25) is 0 Å². The molecule has 0 saturated carbocycles. The van der Waals surface area contributed by atoms with E-state index in [1.807, 2.05) is 24.3 Å². The molecule has 1 aromatic carbocycles. The molecule has 152 valence electrons. The predicted octanol–water partition coefficient (Wildman–Crippen LogP) is 3.11. The summed E-state index contributed by atoms with van der Waals surface area (Å²) in [6, 6.07) is 7.88. The van der Waals surface area contributed by atoms with Gasteiger partial charge < -0.3 is 14.2 Å². The monoisotopic (exact) mass is 387 g/mol. The molecule has 3 aliphatic rings. The lowest BCUT2D eigenvalue weighted by Gasteiger charge is -2.44. The van der Waals surface area contributed by atoms with Crippen molar-refractivity contribution in [3.63, 3.8) is 0 Å². The van der Waals surface area contributed by atoms with Gasteiger partial charge in [-0.05, 0) is 44.8 Å². The van der Waals surface area contributed by atoms with E-state index in [9.17, 15) is 9.59 Å². The van der Waals surface area contributed by atoms with E-state index < -0.39 is 12.0 Å². The summed E-state index contributed by atoms with van der Waals surface area (Å²) in [7, 11) is 1.57. The molecule has 4 rings (SSSR count). The number of para-hydroxylation sites is 1. The molecule has 3 heterocycles. The van der Waals surface area contributed by atoms with Gasteiger partial charge in [-0.3, -0.25) is 14.5 Å². The molecule has 0 radical (unpaired) electrons. The lowest BCUT2D eigenvalue weighted by molar-refractivity contribution is -0.153. The van der Waals surface area contributed by atoms with E-state index in [4.69, 9.17) is 14.2 Å². The molecule has 3 saturated heterocycles. The van der Waals surface area contributed by atoms with Gasteiger partial charge in [-0.2, -0.15) is 0 Å². The zero-order valence-electron chi connectivity index (χ0n) is 16.5. The Labute approximate surface area is 166 Å². The summed E-state index contributed by atoms with van der Waals surface area (Å²) in [6.45, 7) is 2.76. The molecule has 28 heavy (non-hydrogen) atoms. The number of carbonyl (C=O) groups is 2. The van der Waals surface area contributed by atoms with Crippen molar-refractivity contribution in [2.45, 2.75) is 50.7 Å². The highest BCUT2D eigenvalue weighted by Gasteiger charge is 2.43. The van der Waals surface area contributed by atoms with Crippen LogP contribution in [0.1, 0.15) is 50.2 Å². The van der Waals surface area contributed by atoms with E-state index in [1.165, 1.54) is 19.3 Å². The Morgan fingerprint density at radius 3 is 2.86 bits per heavy atom. The van der Waals surface area contributed by atoms with Crippen LogP contribution in [0.4, 0.5) is 0 Å². The molecular weight excluding hydrogens is 358 g/mol. The molecule has 3 fully saturated rings. The van der Waals surface area contributed by atoms with Crippen LogP contribution in [0, 0.1) is 11.8 Å². The molecule has 0 aliphatic carbocycles. The molecule has 0 N–H and O–H groups in total. The summed E-state index contributed by atoms with van der Waals surface area (Å²) >= 11 is 0. The van der Waals surface area contributed by atoms with Gasteiger partial charge in [-0.1, -0.05) is 24.6 Å². The summed E-state index contributed by atoms with van der Waals surface area (Å²) in [6.07, 6.45) is 5.39. The average molecular weight is 387 g/mol. The van der Waals surface area contributed by atoms with Crippen LogP contribution in [0.25, 0.3) is 0 Å². The normalized spacial score (nSPS) is 30.4. The van der Waals surface area contributed by atoms with Gasteiger partial charge in [-0.15, -0.1) is 0 Å². The lowest BCUT2D eigenvalue weighted by Crippen LogP contribution is -2.49. The number of hydrogen-bond donors (Lipinski definition) is 0. The van der Waals surface area contributed by atoms with Crippen LogP contribution in [-0.2, 0) is 19.1 Å². The van der Waals surface area contributed by atoms with Crippen LogP contribution in [0.2, 0.25) is 0 Å². The van der Waals surface area contributed by atoms with Crippen molar-refractivity contribution in [3.05, 3.63) is 29.8 Å². The SMILES string of the molecule is COc1ccccc1[C@@H]1OC(=O)C[C@H]1C(=O)OC[C@@H]1CCCN2CCCC[C@H]12. The number of ether oxygens (including phenoxy) is 3. The van der Waals surface area contributed by atoms with Gasteiger partial charge in [0.25, 0.3) is 0 Å². The molecule has 0 aromatic heterocycles. The third kappa shape index (κ3) is 3.88. The second-order valence-electron chi connectivity index (χ2n) is 8.09. The Hall–Kier alpha value is -2.08. The zero-order valence-corrected chi connectivity index (χ0v) is 16.5. The molecule has 1 aromatic rings. The van der Waals surface area contributed by atoms with Crippen LogP contribution >= 0.6 is 0 Å². The highest BCUT2D eigenvalue weighted by atomic mass is 16.6. The summed E-state index contributed by atoms with van der Waals surface area (Å²) in [5, 5.41) is 0. The van der Waals surface area contributed by atoms with Gasteiger partial charge in [0.05, 0.1) is 20.1 Å². The van der Waals surface area contributed by atoms with Crippen molar-refractivity contribution in [3.8, 4) is 5.75 Å². The average Bonchev–Trinajstić information content (AvgIpc) is 3.13. The van der Waals surface area contributed by atoms with E-state index in [2.05, 4.69) is 4.90 Å². The number of cyclic esters (lactones) is 1. The van der Waals surface area contributed by atoms with Crippen molar-refractivity contribution < 1.29 is 23.8 Å². The number of hydrogen-bond acceptors (Lipinski definition) is 6. The van der Waals surface area contributed by atoms with Gasteiger partial charge in [0.15, 0.2) is 0 Å². The summed E-state index contributed by atoms with van der Waals surface area (Å²) in [4.78, 5) is 27.4. The van der Waals surface area contributed by atoms with Crippen LogP contribution in [0.3, 0.4) is 0 Å². The first-order chi connectivity index (χ1) is 13.7. The minimum Gasteiger partial charge on any atom is -0.496 e. The fourth-order valence-corrected chi connectivity index (χ4v) is 5.01. The van der Waals surface area contributed by atoms with E-state index in [0.29, 0.717) is 29.9 Å². The highest BCUT2D eigenvalue weighted by Crippen LogP contribution is 2.40.